The number of hydrogen-bond donors (Lipinski definition) is 7. The Balaban J connectivity index is 2.18. The third kappa shape index (κ3) is 6.28. The minimum atomic E-state index is -5.74. The molecule has 2 heterocycles. The van der Waals surface area contributed by atoms with Crippen LogP contribution >= 0.6 is 23.5 Å². The van der Waals surface area contributed by atoms with Gasteiger partial charge in [0.2, 0.25) is 0 Å². The second kappa shape index (κ2) is 8.81. The summed E-state index contributed by atoms with van der Waals surface area (Å²) in [7, 11) is -16.8. The molecule has 2 rings (SSSR count). The van der Waals surface area contributed by atoms with Crippen LogP contribution < -0.4 is 17.2 Å². The van der Waals surface area contributed by atoms with Crippen molar-refractivity contribution in [2.24, 2.45) is 5.73 Å². The molecule has 9 N–H and O–H groups in total. The van der Waals surface area contributed by atoms with Crippen LogP contribution in [-0.4, -0.2) is 58.6 Å². The Morgan fingerprint density at radius 2 is 1.87 bits per heavy atom. The number of terminal acetylenes is 1. The van der Waals surface area contributed by atoms with E-state index in [4.69, 9.17) is 37.3 Å². The molecule has 0 spiro atoms. The Kier molecular flexibility index (Phi) is 7.33. The molecule has 0 bridgehead atoms. The van der Waals surface area contributed by atoms with Gasteiger partial charge in [0, 0.05) is 6.20 Å². The topological polar surface area (TPSA) is 276 Å². The van der Waals surface area contributed by atoms with Gasteiger partial charge in [-0.15, -0.1) is 6.42 Å². The third-order valence-electron chi connectivity index (χ3n) is 3.73. The van der Waals surface area contributed by atoms with E-state index in [2.05, 4.69) is 18.1 Å². The van der Waals surface area contributed by atoms with Gasteiger partial charge in [0.15, 0.2) is 11.8 Å². The maximum Gasteiger partial charge on any atom is 0.490 e. The number of rotatable bonds is 8. The van der Waals surface area contributed by atoms with E-state index in [1.807, 2.05) is 5.92 Å². The standard InChI is InChI=1S/C11H17N4O13P3/c1-2-11(13)8(16)6(26-9(11)15-4-3-7(12)14-10(15)17)5-25-30(21,22)28-31(23,24)27-29(18,19)20/h1,3-4,6,8-9,16H,5,13H2,(H,21,22)(H,23,24)(H2,12,14,17)(H2,18,19,20)/t6-,8?,9-,11?/m1/s1. The van der Waals surface area contributed by atoms with Crippen LogP contribution in [0, 0.1) is 12.3 Å². The fraction of sp³-hybridized carbons (Fsp3) is 0.455. The molecular weight excluding hydrogens is 489 g/mol. The number of aromatic nitrogens is 2. The summed E-state index contributed by atoms with van der Waals surface area (Å²) in [5.74, 6) is 1.91. The smallest absolute Gasteiger partial charge is 0.387 e. The molecule has 20 heteroatoms. The van der Waals surface area contributed by atoms with Gasteiger partial charge < -0.3 is 40.9 Å². The summed E-state index contributed by atoms with van der Waals surface area (Å²) in [6, 6.07) is 1.20. The van der Waals surface area contributed by atoms with Gasteiger partial charge in [0.1, 0.15) is 18.0 Å². The van der Waals surface area contributed by atoms with Crippen LogP contribution in [0.1, 0.15) is 6.23 Å². The quantitative estimate of drug-likeness (QED) is 0.145. The Morgan fingerprint density at radius 3 is 2.39 bits per heavy atom. The van der Waals surface area contributed by atoms with Gasteiger partial charge in [0.25, 0.3) is 0 Å². The normalized spacial score (nSPS) is 30.3. The summed E-state index contributed by atoms with van der Waals surface area (Å²) in [4.78, 5) is 51.1. The van der Waals surface area contributed by atoms with E-state index < -0.39 is 59.7 Å². The zero-order valence-electron chi connectivity index (χ0n) is 15.1. The van der Waals surface area contributed by atoms with Crippen molar-refractivity contribution in [3.63, 3.8) is 0 Å². The largest absolute Gasteiger partial charge is 0.490 e. The number of aliphatic hydroxyl groups excluding tert-OH is 1. The Morgan fingerprint density at radius 1 is 1.26 bits per heavy atom. The number of aliphatic hydroxyl groups is 1. The number of hydrogen-bond acceptors (Lipinski definition) is 12. The second-order valence-electron chi connectivity index (χ2n) is 5.98. The van der Waals surface area contributed by atoms with Crippen molar-refractivity contribution in [1.82, 2.24) is 9.55 Å². The van der Waals surface area contributed by atoms with Crippen molar-refractivity contribution in [2.75, 3.05) is 12.3 Å². The summed E-state index contributed by atoms with van der Waals surface area (Å²) < 4.78 is 51.4. The number of nitrogens with zero attached hydrogens (tertiary/aromatic N) is 2. The highest BCUT2D eigenvalue weighted by Crippen LogP contribution is 2.66. The lowest BCUT2D eigenvalue weighted by molar-refractivity contribution is -0.0467. The van der Waals surface area contributed by atoms with Crippen LogP contribution in [0.25, 0.3) is 0 Å². The summed E-state index contributed by atoms with van der Waals surface area (Å²) in [5, 5.41) is 10.4. The van der Waals surface area contributed by atoms with E-state index in [1.165, 1.54) is 6.07 Å². The molecule has 1 aliphatic heterocycles. The van der Waals surface area contributed by atoms with Crippen LogP contribution in [0.2, 0.25) is 0 Å². The van der Waals surface area contributed by atoms with Crippen LogP contribution in [0.5, 0.6) is 0 Å². The van der Waals surface area contributed by atoms with Crippen molar-refractivity contribution in [3.05, 3.63) is 22.7 Å². The predicted octanol–water partition coefficient (Wildman–Crippen LogP) is -2.24. The Labute approximate surface area is 173 Å². The minimum absolute atomic E-state index is 0.132. The lowest BCUT2D eigenvalue weighted by Crippen LogP contribution is -2.54. The van der Waals surface area contributed by atoms with Gasteiger partial charge in [-0.1, -0.05) is 5.92 Å². The van der Waals surface area contributed by atoms with Crippen molar-refractivity contribution in [3.8, 4) is 12.3 Å². The van der Waals surface area contributed by atoms with E-state index in [1.54, 1.807) is 0 Å². The number of phosphoric ester groups is 1. The maximum atomic E-state index is 12.0. The molecule has 0 aromatic carbocycles. The summed E-state index contributed by atoms with van der Waals surface area (Å²) in [5.41, 5.74) is 8.32. The van der Waals surface area contributed by atoms with Crippen LogP contribution in [0.3, 0.4) is 0 Å². The Bertz CT molecular complexity index is 1080. The summed E-state index contributed by atoms with van der Waals surface area (Å²) >= 11 is 0. The fourth-order valence-electron chi connectivity index (χ4n) is 2.46. The van der Waals surface area contributed by atoms with Crippen molar-refractivity contribution >= 4 is 29.3 Å². The Hall–Kier alpha value is -1.47. The van der Waals surface area contributed by atoms with E-state index >= 15 is 0 Å². The average Bonchev–Trinajstić information content (AvgIpc) is 2.82. The molecule has 1 aromatic rings. The van der Waals surface area contributed by atoms with Crippen LogP contribution in [0.15, 0.2) is 17.1 Å². The van der Waals surface area contributed by atoms with E-state index in [-0.39, 0.29) is 5.82 Å². The summed E-state index contributed by atoms with van der Waals surface area (Å²) in [6.07, 6.45) is 1.54. The molecule has 0 radical (unpaired) electrons. The molecule has 1 aliphatic rings. The lowest BCUT2D eigenvalue weighted by Gasteiger charge is -2.27. The zero-order valence-corrected chi connectivity index (χ0v) is 17.7. The van der Waals surface area contributed by atoms with Gasteiger partial charge in [-0.05, 0) is 6.07 Å². The molecule has 0 saturated carbocycles. The summed E-state index contributed by atoms with van der Waals surface area (Å²) in [6.45, 7) is -1.04. The first-order chi connectivity index (χ1) is 14.0. The average molecular weight is 506 g/mol. The monoisotopic (exact) mass is 506 g/mol. The highest BCUT2D eigenvalue weighted by Gasteiger charge is 2.55. The first-order valence-electron chi connectivity index (χ1n) is 7.73. The molecule has 1 fully saturated rings. The van der Waals surface area contributed by atoms with Crippen LogP contribution in [-0.2, 0) is 31.6 Å². The van der Waals surface area contributed by atoms with E-state index in [0.717, 1.165) is 10.8 Å². The highest BCUT2D eigenvalue weighted by atomic mass is 31.3. The van der Waals surface area contributed by atoms with Gasteiger partial charge in [0.05, 0.1) is 6.61 Å². The molecule has 174 valence electrons. The minimum Gasteiger partial charge on any atom is -0.387 e. The fourth-order valence-corrected chi connectivity index (χ4v) is 5.49. The lowest BCUT2D eigenvalue weighted by atomic mass is 9.92. The maximum absolute atomic E-state index is 12.0. The molecule has 1 saturated heterocycles. The molecule has 6 atom stereocenters. The first kappa shape index (κ1) is 25.8. The SMILES string of the molecule is C#CC1(N)C(O)[C@@H](COP(=O)(O)OP(=O)(O)OP(=O)(O)O)O[C@H]1n1ccc(N)nc1=O. The van der Waals surface area contributed by atoms with E-state index in [9.17, 15) is 28.5 Å². The third-order valence-corrected chi connectivity index (χ3v) is 7.53. The van der Waals surface area contributed by atoms with Gasteiger partial charge >= 0.3 is 29.2 Å². The number of phosphoric acid groups is 3. The zero-order chi connectivity index (χ0) is 23.8. The molecule has 1 aromatic heterocycles. The number of anilines is 1. The highest BCUT2D eigenvalue weighted by molar-refractivity contribution is 7.66. The van der Waals surface area contributed by atoms with Gasteiger partial charge in [-0.3, -0.25) is 9.09 Å². The number of nitrogen functional groups attached to an aromatic ring is 1. The molecule has 31 heavy (non-hydrogen) atoms. The molecule has 17 nitrogen and oxygen atoms in total. The number of ether oxygens (including phenoxy) is 1. The van der Waals surface area contributed by atoms with Crippen molar-refractivity contribution in [1.29, 1.82) is 0 Å². The van der Waals surface area contributed by atoms with Crippen molar-refractivity contribution in [2.45, 2.75) is 24.0 Å². The predicted molar refractivity (Wildman–Crippen MR) is 98.4 cm³/mol. The van der Waals surface area contributed by atoms with E-state index in [0.29, 0.717) is 0 Å². The van der Waals surface area contributed by atoms with Crippen molar-refractivity contribution < 1.29 is 56.3 Å². The van der Waals surface area contributed by atoms with Gasteiger partial charge in [-0.2, -0.15) is 13.6 Å². The van der Waals surface area contributed by atoms with Gasteiger partial charge in [-0.25, -0.2) is 18.5 Å². The molecular formula is C11H17N4O13P3. The molecule has 0 amide bonds. The van der Waals surface area contributed by atoms with Crippen LogP contribution in [0.4, 0.5) is 5.82 Å². The molecule has 0 aliphatic carbocycles. The number of nitrogens with two attached hydrogens (primary N) is 2. The molecule has 4 unspecified atom stereocenters. The second-order valence-corrected chi connectivity index (χ2v) is 10.4. The first-order valence-corrected chi connectivity index (χ1v) is 12.2.